The van der Waals surface area contributed by atoms with Gasteiger partial charge < -0.3 is 14.5 Å². The van der Waals surface area contributed by atoms with Gasteiger partial charge in [0.05, 0.1) is 19.1 Å². The third-order valence-electron chi connectivity index (χ3n) is 3.41. The van der Waals surface area contributed by atoms with Gasteiger partial charge in [-0.1, -0.05) is 19.3 Å². The zero-order valence-electron chi connectivity index (χ0n) is 10.5. The van der Waals surface area contributed by atoms with E-state index in [4.69, 9.17) is 9.15 Å². The Morgan fingerprint density at radius 1 is 1.29 bits per heavy atom. The summed E-state index contributed by atoms with van der Waals surface area (Å²) in [6, 6.07) is 1.98. The first-order chi connectivity index (χ1) is 8.45. The first-order valence-corrected chi connectivity index (χ1v) is 6.74. The van der Waals surface area contributed by atoms with E-state index >= 15 is 0 Å². The van der Waals surface area contributed by atoms with Crippen LogP contribution in [0.4, 0.5) is 0 Å². The van der Waals surface area contributed by atoms with E-state index in [2.05, 4.69) is 5.32 Å². The molecule has 17 heavy (non-hydrogen) atoms. The Bertz CT molecular complexity index is 278. The van der Waals surface area contributed by atoms with Crippen LogP contribution in [0.2, 0.25) is 0 Å². The molecule has 0 aliphatic heterocycles. The van der Waals surface area contributed by atoms with Gasteiger partial charge in [-0.3, -0.25) is 0 Å². The summed E-state index contributed by atoms with van der Waals surface area (Å²) in [5.41, 5.74) is 1.19. The lowest BCUT2D eigenvalue weighted by atomic mass is 9.90. The molecule has 1 aromatic heterocycles. The van der Waals surface area contributed by atoms with Gasteiger partial charge in [0.2, 0.25) is 0 Å². The maximum atomic E-state index is 5.71. The maximum Gasteiger partial charge on any atom is 0.0947 e. The summed E-state index contributed by atoms with van der Waals surface area (Å²) in [5, 5.41) is 3.34. The van der Waals surface area contributed by atoms with Gasteiger partial charge in [-0.15, -0.1) is 0 Å². The summed E-state index contributed by atoms with van der Waals surface area (Å²) >= 11 is 0. The second-order valence-electron chi connectivity index (χ2n) is 4.89. The lowest BCUT2D eigenvalue weighted by Crippen LogP contribution is -2.21. The molecule has 1 fully saturated rings. The quantitative estimate of drug-likeness (QED) is 0.740. The first-order valence-electron chi connectivity index (χ1n) is 6.74. The zero-order chi connectivity index (χ0) is 11.8. The van der Waals surface area contributed by atoms with E-state index in [-0.39, 0.29) is 0 Å². The van der Waals surface area contributed by atoms with Crippen LogP contribution in [0.15, 0.2) is 23.0 Å². The number of ether oxygens (including phenoxy) is 1. The molecule has 1 saturated carbocycles. The van der Waals surface area contributed by atoms with E-state index in [1.807, 2.05) is 6.07 Å². The Kier molecular flexibility index (Phi) is 5.59. The Balaban J connectivity index is 1.43. The molecule has 1 N–H and O–H groups in total. The predicted octanol–water partition coefficient (Wildman–Crippen LogP) is 2.97. The second kappa shape index (κ2) is 7.51. The standard InChI is InChI=1S/C14H23NO2/c1-2-4-13(5-3-1)11-17-9-7-15-10-14-6-8-16-12-14/h6,8,12-13,15H,1-5,7,9-11H2. The fraction of sp³-hybridized carbons (Fsp3) is 0.714. The molecule has 1 aliphatic carbocycles. The molecule has 1 heterocycles. The zero-order valence-corrected chi connectivity index (χ0v) is 10.5. The normalized spacial score (nSPS) is 17.4. The highest BCUT2D eigenvalue weighted by Gasteiger charge is 2.12. The molecule has 0 saturated heterocycles. The predicted molar refractivity (Wildman–Crippen MR) is 67.8 cm³/mol. The van der Waals surface area contributed by atoms with Crippen LogP contribution in [-0.2, 0) is 11.3 Å². The lowest BCUT2D eigenvalue weighted by molar-refractivity contribution is 0.0868. The van der Waals surface area contributed by atoms with Crippen LogP contribution in [0, 0.1) is 5.92 Å². The van der Waals surface area contributed by atoms with E-state index in [0.717, 1.165) is 32.2 Å². The highest BCUT2D eigenvalue weighted by molar-refractivity contribution is 5.04. The number of nitrogens with one attached hydrogen (secondary N) is 1. The molecule has 3 heteroatoms. The fourth-order valence-corrected chi connectivity index (χ4v) is 2.37. The second-order valence-corrected chi connectivity index (χ2v) is 4.89. The molecule has 0 spiro atoms. The molecule has 0 radical (unpaired) electrons. The molecule has 0 aromatic carbocycles. The summed E-state index contributed by atoms with van der Waals surface area (Å²) in [5.74, 6) is 0.817. The third-order valence-corrected chi connectivity index (χ3v) is 3.41. The summed E-state index contributed by atoms with van der Waals surface area (Å²) in [6.45, 7) is 3.54. The van der Waals surface area contributed by atoms with E-state index in [1.54, 1.807) is 12.5 Å². The Labute approximate surface area is 104 Å². The minimum atomic E-state index is 0.814. The molecule has 2 rings (SSSR count). The van der Waals surface area contributed by atoms with Crippen molar-refractivity contribution in [2.24, 2.45) is 5.92 Å². The molecule has 1 aliphatic rings. The summed E-state index contributed by atoms with van der Waals surface area (Å²) in [7, 11) is 0. The largest absolute Gasteiger partial charge is 0.472 e. The van der Waals surface area contributed by atoms with Gasteiger partial charge in [-0.25, -0.2) is 0 Å². The van der Waals surface area contributed by atoms with Crippen molar-refractivity contribution in [3.63, 3.8) is 0 Å². The molecule has 3 nitrogen and oxygen atoms in total. The van der Waals surface area contributed by atoms with Gasteiger partial charge in [0.1, 0.15) is 0 Å². The summed E-state index contributed by atoms with van der Waals surface area (Å²) in [6.07, 6.45) is 10.4. The first kappa shape index (κ1) is 12.7. The number of rotatable bonds is 7. The van der Waals surface area contributed by atoms with Crippen LogP contribution in [0.25, 0.3) is 0 Å². The molecule has 0 amide bonds. The molecule has 0 atom stereocenters. The van der Waals surface area contributed by atoms with Crippen LogP contribution in [0.5, 0.6) is 0 Å². The van der Waals surface area contributed by atoms with Crippen molar-refractivity contribution in [3.05, 3.63) is 24.2 Å². The average molecular weight is 237 g/mol. The number of hydrogen-bond acceptors (Lipinski definition) is 3. The van der Waals surface area contributed by atoms with Gasteiger partial charge in [-0.2, -0.15) is 0 Å². The van der Waals surface area contributed by atoms with Gasteiger partial charge in [-0.05, 0) is 24.8 Å². The third kappa shape index (κ3) is 4.92. The summed E-state index contributed by atoms with van der Waals surface area (Å²) in [4.78, 5) is 0. The van der Waals surface area contributed by atoms with Crippen LogP contribution in [0.3, 0.4) is 0 Å². The van der Waals surface area contributed by atoms with Crippen molar-refractivity contribution in [2.75, 3.05) is 19.8 Å². The molecule has 1 aromatic rings. The molecular weight excluding hydrogens is 214 g/mol. The van der Waals surface area contributed by atoms with Crippen molar-refractivity contribution in [1.29, 1.82) is 0 Å². The van der Waals surface area contributed by atoms with Crippen LogP contribution >= 0.6 is 0 Å². The van der Waals surface area contributed by atoms with E-state index in [0.29, 0.717) is 0 Å². The molecule has 0 unspecified atom stereocenters. The maximum absolute atomic E-state index is 5.71. The fourth-order valence-electron chi connectivity index (χ4n) is 2.37. The van der Waals surface area contributed by atoms with Gasteiger partial charge in [0.25, 0.3) is 0 Å². The van der Waals surface area contributed by atoms with Gasteiger partial charge >= 0.3 is 0 Å². The minimum Gasteiger partial charge on any atom is -0.472 e. The Morgan fingerprint density at radius 3 is 2.94 bits per heavy atom. The molecule has 96 valence electrons. The van der Waals surface area contributed by atoms with Crippen LogP contribution < -0.4 is 5.32 Å². The number of hydrogen-bond donors (Lipinski definition) is 1. The highest BCUT2D eigenvalue weighted by atomic mass is 16.5. The molecule has 0 bridgehead atoms. The van der Waals surface area contributed by atoms with Crippen molar-refractivity contribution >= 4 is 0 Å². The summed E-state index contributed by atoms with van der Waals surface area (Å²) < 4.78 is 10.7. The topological polar surface area (TPSA) is 34.4 Å². The van der Waals surface area contributed by atoms with Crippen molar-refractivity contribution in [1.82, 2.24) is 5.32 Å². The van der Waals surface area contributed by atoms with Gasteiger partial charge in [0, 0.05) is 25.3 Å². The van der Waals surface area contributed by atoms with Crippen molar-refractivity contribution in [3.8, 4) is 0 Å². The average Bonchev–Trinajstić information content (AvgIpc) is 2.88. The minimum absolute atomic E-state index is 0.814. The van der Waals surface area contributed by atoms with Gasteiger partial charge in [0.15, 0.2) is 0 Å². The Hall–Kier alpha value is -0.800. The lowest BCUT2D eigenvalue weighted by Gasteiger charge is -2.21. The van der Waals surface area contributed by atoms with Crippen LogP contribution in [0.1, 0.15) is 37.7 Å². The smallest absolute Gasteiger partial charge is 0.0947 e. The number of furan rings is 1. The molecular formula is C14H23NO2. The SMILES string of the molecule is c1cc(CNCCOCC2CCCCC2)co1. The Morgan fingerprint density at radius 2 is 2.18 bits per heavy atom. The van der Waals surface area contributed by atoms with E-state index in [9.17, 15) is 0 Å². The highest BCUT2D eigenvalue weighted by Crippen LogP contribution is 2.23. The van der Waals surface area contributed by atoms with Crippen molar-refractivity contribution < 1.29 is 9.15 Å². The monoisotopic (exact) mass is 237 g/mol. The van der Waals surface area contributed by atoms with E-state index < -0.39 is 0 Å². The van der Waals surface area contributed by atoms with Crippen LogP contribution in [-0.4, -0.2) is 19.8 Å². The van der Waals surface area contributed by atoms with Crippen molar-refractivity contribution in [2.45, 2.75) is 38.6 Å². The van der Waals surface area contributed by atoms with E-state index in [1.165, 1.54) is 37.7 Å².